The number of imidazole rings is 1. The van der Waals surface area contributed by atoms with Crippen molar-refractivity contribution >= 4 is 29.2 Å². The minimum Gasteiger partial charge on any atom is -0.459 e. The van der Waals surface area contributed by atoms with Gasteiger partial charge < -0.3 is 19.7 Å². The van der Waals surface area contributed by atoms with Gasteiger partial charge in [0.15, 0.2) is 0 Å². The van der Waals surface area contributed by atoms with Crippen LogP contribution in [-0.2, 0) is 16.6 Å². The van der Waals surface area contributed by atoms with Crippen molar-refractivity contribution in [2.45, 2.75) is 76.4 Å². The fraction of sp³-hybridized carbons (Fsp3) is 0.593. The molecule has 2 N–H and O–H groups in total. The van der Waals surface area contributed by atoms with Gasteiger partial charge in [0, 0.05) is 18.7 Å². The van der Waals surface area contributed by atoms with E-state index in [0.29, 0.717) is 37.1 Å². The van der Waals surface area contributed by atoms with Crippen LogP contribution in [0.5, 0.6) is 0 Å². The van der Waals surface area contributed by atoms with Gasteiger partial charge in [-0.05, 0) is 89.3 Å². The second-order valence-corrected chi connectivity index (χ2v) is 12.3. The molecule has 2 unspecified atom stereocenters. The summed E-state index contributed by atoms with van der Waals surface area (Å²) in [6.45, 7) is 5.55. The standard InChI is InChI=1S/C27H33ClFN3O4/c1-25(2,3)36-24(34)26(7-8-26)27(35)12-16-9-15(10-17(16)13-27)21-22(32(4)14-30-21)23(33)31-18-5-6-20(29)19(28)11-18/h5-6,11,14-17,35H,7-10,12-13H2,1-4H3,(H,31,33). The number of nitrogens with zero attached hydrogens (tertiary/aromatic N) is 2. The van der Waals surface area contributed by atoms with Crippen LogP contribution in [0.3, 0.4) is 0 Å². The Hall–Kier alpha value is -2.45. The fourth-order valence-corrected chi connectivity index (χ4v) is 6.61. The number of esters is 1. The molecular weight excluding hydrogens is 485 g/mol. The molecule has 3 fully saturated rings. The van der Waals surface area contributed by atoms with E-state index in [9.17, 15) is 19.1 Å². The van der Waals surface area contributed by atoms with E-state index in [4.69, 9.17) is 16.3 Å². The summed E-state index contributed by atoms with van der Waals surface area (Å²) >= 11 is 5.86. The van der Waals surface area contributed by atoms with Gasteiger partial charge in [0.2, 0.25) is 0 Å². The number of halogens is 2. The van der Waals surface area contributed by atoms with Crippen molar-refractivity contribution in [2.24, 2.45) is 24.3 Å². The van der Waals surface area contributed by atoms with Crippen LogP contribution in [0, 0.1) is 23.1 Å². The minimum absolute atomic E-state index is 0.0612. The van der Waals surface area contributed by atoms with Crippen molar-refractivity contribution in [1.82, 2.24) is 9.55 Å². The minimum atomic E-state index is -1.04. The van der Waals surface area contributed by atoms with Crippen molar-refractivity contribution in [3.8, 4) is 0 Å². The zero-order valence-corrected chi connectivity index (χ0v) is 21.9. The molecule has 2 atom stereocenters. The molecule has 36 heavy (non-hydrogen) atoms. The van der Waals surface area contributed by atoms with Gasteiger partial charge >= 0.3 is 5.97 Å². The molecule has 1 aromatic carbocycles. The maximum atomic E-state index is 13.5. The molecule has 5 rings (SSSR count). The Bertz CT molecular complexity index is 1200. The van der Waals surface area contributed by atoms with E-state index in [0.717, 1.165) is 18.5 Å². The number of hydrogen-bond acceptors (Lipinski definition) is 5. The molecule has 0 radical (unpaired) electrons. The molecule has 3 aliphatic carbocycles. The first-order chi connectivity index (χ1) is 16.8. The summed E-state index contributed by atoms with van der Waals surface area (Å²) in [5.41, 5.74) is -0.812. The van der Waals surface area contributed by atoms with Crippen LogP contribution < -0.4 is 5.32 Å². The van der Waals surface area contributed by atoms with E-state index in [1.54, 1.807) is 17.9 Å². The van der Waals surface area contributed by atoms with Crippen molar-refractivity contribution < 1.29 is 23.8 Å². The molecule has 2 aromatic rings. The Labute approximate surface area is 215 Å². The summed E-state index contributed by atoms with van der Waals surface area (Å²) < 4.78 is 20.9. The predicted octanol–water partition coefficient (Wildman–Crippen LogP) is 5.22. The molecule has 0 spiro atoms. The van der Waals surface area contributed by atoms with Crippen molar-refractivity contribution in [1.29, 1.82) is 0 Å². The van der Waals surface area contributed by atoms with Crippen LogP contribution in [0.4, 0.5) is 10.1 Å². The van der Waals surface area contributed by atoms with Crippen molar-refractivity contribution in [2.75, 3.05) is 5.32 Å². The van der Waals surface area contributed by atoms with E-state index in [1.807, 2.05) is 20.8 Å². The van der Waals surface area contributed by atoms with Gasteiger partial charge in [-0.1, -0.05) is 11.6 Å². The Balaban J connectivity index is 1.29. The summed E-state index contributed by atoms with van der Waals surface area (Å²) in [4.78, 5) is 30.7. The summed E-state index contributed by atoms with van der Waals surface area (Å²) in [6.07, 6.45) is 5.70. The highest BCUT2D eigenvalue weighted by molar-refractivity contribution is 6.31. The number of rotatable bonds is 5. The first kappa shape index (κ1) is 25.2. The third kappa shape index (κ3) is 4.32. The molecule has 0 saturated heterocycles. The molecule has 1 amide bonds. The Morgan fingerprint density at radius 3 is 2.42 bits per heavy atom. The molecule has 194 valence electrons. The van der Waals surface area contributed by atoms with Gasteiger partial charge in [-0.15, -0.1) is 0 Å². The molecule has 1 aromatic heterocycles. The number of nitrogens with one attached hydrogen (secondary N) is 1. The quantitative estimate of drug-likeness (QED) is 0.530. The first-order valence-electron chi connectivity index (χ1n) is 12.6. The summed E-state index contributed by atoms with van der Waals surface area (Å²) in [5.74, 6) is -0.558. The highest BCUT2D eigenvalue weighted by Gasteiger charge is 2.69. The van der Waals surface area contributed by atoms with E-state index in [1.165, 1.54) is 18.2 Å². The number of aromatic nitrogens is 2. The Morgan fingerprint density at radius 2 is 1.86 bits per heavy atom. The third-order valence-electron chi connectivity index (χ3n) is 8.22. The number of amides is 1. The lowest BCUT2D eigenvalue weighted by Crippen LogP contribution is -2.45. The zero-order valence-electron chi connectivity index (χ0n) is 21.1. The predicted molar refractivity (Wildman–Crippen MR) is 133 cm³/mol. The Morgan fingerprint density at radius 1 is 1.22 bits per heavy atom. The molecule has 0 bridgehead atoms. The molecule has 0 aliphatic heterocycles. The summed E-state index contributed by atoms with van der Waals surface area (Å²) in [7, 11) is 1.77. The average Bonchev–Trinajstić information content (AvgIpc) is 3.26. The SMILES string of the molecule is Cn1cnc(C2CC3CC(O)(C4(C(=O)OC(C)(C)C)CC4)CC3C2)c1C(=O)Nc1ccc(F)c(Cl)c1. The molecule has 1 heterocycles. The van der Waals surface area contributed by atoms with Gasteiger partial charge in [-0.3, -0.25) is 9.59 Å². The van der Waals surface area contributed by atoms with Crippen LogP contribution in [0.15, 0.2) is 24.5 Å². The molecule has 7 nitrogen and oxygen atoms in total. The topological polar surface area (TPSA) is 93.4 Å². The lowest BCUT2D eigenvalue weighted by molar-refractivity contribution is -0.174. The molecule has 9 heteroatoms. The zero-order chi connectivity index (χ0) is 26.0. The number of carbonyl (C=O) groups excluding carboxylic acids is 2. The number of aliphatic hydroxyl groups is 1. The number of fused-ring (bicyclic) bond motifs is 1. The van der Waals surface area contributed by atoms with Crippen molar-refractivity contribution in [3.05, 3.63) is 46.8 Å². The highest BCUT2D eigenvalue weighted by Crippen LogP contribution is 2.66. The maximum Gasteiger partial charge on any atom is 0.315 e. The maximum absolute atomic E-state index is 13.5. The average molecular weight is 518 g/mol. The third-order valence-corrected chi connectivity index (χ3v) is 8.51. The lowest BCUT2D eigenvalue weighted by atomic mass is 9.79. The molecular formula is C27H33ClFN3O4. The van der Waals surface area contributed by atoms with Gasteiger partial charge in [-0.2, -0.15) is 0 Å². The van der Waals surface area contributed by atoms with Crippen LogP contribution in [0.2, 0.25) is 5.02 Å². The smallest absolute Gasteiger partial charge is 0.315 e. The van der Waals surface area contributed by atoms with E-state index >= 15 is 0 Å². The number of ether oxygens (including phenoxy) is 1. The monoisotopic (exact) mass is 517 g/mol. The van der Waals surface area contributed by atoms with E-state index in [-0.39, 0.29) is 34.7 Å². The molecule has 3 aliphatic rings. The van der Waals surface area contributed by atoms with Gasteiger partial charge in [0.05, 0.1) is 28.1 Å². The largest absolute Gasteiger partial charge is 0.459 e. The van der Waals surface area contributed by atoms with Crippen LogP contribution in [0.25, 0.3) is 0 Å². The van der Waals surface area contributed by atoms with Gasteiger partial charge in [0.25, 0.3) is 5.91 Å². The molecule has 3 saturated carbocycles. The van der Waals surface area contributed by atoms with E-state index in [2.05, 4.69) is 10.3 Å². The Kier molecular flexibility index (Phi) is 5.99. The van der Waals surface area contributed by atoms with Gasteiger partial charge in [-0.25, -0.2) is 9.37 Å². The highest BCUT2D eigenvalue weighted by atomic mass is 35.5. The van der Waals surface area contributed by atoms with Crippen LogP contribution in [0.1, 0.15) is 81.4 Å². The number of carbonyl (C=O) groups is 2. The summed E-state index contributed by atoms with van der Waals surface area (Å²) in [5, 5.41) is 14.4. The van der Waals surface area contributed by atoms with E-state index < -0.39 is 22.4 Å². The normalized spacial score (nSPS) is 28.6. The number of hydrogen-bond donors (Lipinski definition) is 2. The lowest BCUT2D eigenvalue weighted by Gasteiger charge is -2.34. The first-order valence-corrected chi connectivity index (χ1v) is 12.9. The number of aryl methyl sites for hydroxylation is 1. The second-order valence-electron chi connectivity index (χ2n) is 11.9. The van der Waals surface area contributed by atoms with Crippen molar-refractivity contribution in [3.63, 3.8) is 0 Å². The second kappa shape index (κ2) is 8.55. The summed E-state index contributed by atoms with van der Waals surface area (Å²) in [6, 6.07) is 4.06. The van der Waals surface area contributed by atoms with Crippen LogP contribution in [-0.4, -0.2) is 37.7 Å². The number of anilines is 1. The van der Waals surface area contributed by atoms with Gasteiger partial charge in [0.1, 0.15) is 17.1 Å². The fourth-order valence-electron chi connectivity index (χ4n) is 6.42. The number of benzene rings is 1. The van der Waals surface area contributed by atoms with Crippen LogP contribution >= 0.6 is 11.6 Å².